The summed E-state index contributed by atoms with van der Waals surface area (Å²) < 4.78 is 4.98. The van der Waals surface area contributed by atoms with Crippen LogP contribution in [0.5, 0.6) is 0 Å². The molecule has 7 nitrogen and oxygen atoms in total. The van der Waals surface area contributed by atoms with E-state index in [1.807, 2.05) is 0 Å². The van der Waals surface area contributed by atoms with Crippen molar-refractivity contribution >= 4 is 12.0 Å². The minimum Gasteiger partial charge on any atom is -0.450 e. The smallest absolute Gasteiger partial charge is 0.409 e. The van der Waals surface area contributed by atoms with E-state index in [2.05, 4.69) is 15.5 Å². The average molecular weight is 292 g/mol. The van der Waals surface area contributed by atoms with Crippen molar-refractivity contribution in [2.75, 3.05) is 19.7 Å². The topological polar surface area (TPSA) is 84.4 Å². The first kappa shape index (κ1) is 15.2. The summed E-state index contributed by atoms with van der Waals surface area (Å²) in [4.78, 5) is 25.5. The van der Waals surface area contributed by atoms with Crippen LogP contribution in [0.3, 0.4) is 0 Å². The van der Waals surface area contributed by atoms with Crippen LogP contribution in [-0.4, -0.2) is 46.8 Å². The molecule has 0 aromatic carbocycles. The number of ether oxygens (including phenoxy) is 1. The zero-order valence-electron chi connectivity index (χ0n) is 12.1. The lowest BCUT2D eigenvalue weighted by Crippen LogP contribution is -2.45. The molecular formula is C14H20N4O3. The number of piperidine rings is 1. The van der Waals surface area contributed by atoms with Crippen molar-refractivity contribution < 1.29 is 14.3 Å². The third-order valence-electron chi connectivity index (χ3n) is 3.39. The van der Waals surface area contributed by atoms with Crippen LogP contribution < -0.4 is 5.32 Å². The Morgan fingerprint density at radius 3 is 3.10 bits per heavy atom. The van der Waals surface area contributed by atoms with E-state index in [9.17, 15) is 9.59 Å². The van der Waals surface area contributed by atoms with Gasteiger partial charge in [0.2, 0.25) is 5.91 Å². The second-order valence-electron chi connectivity index (χ2n) is 4.92. The van der Waals surface area contributed by atoms with E-state index in [1.54, 1.807) is 30.2 Å². The molecule has 1 unspecified atom stereocenters. The van der Waals surface area contributed by atoms with Crippen LogP contribution >= 0.6 is 0 Å². The molecule has 1 saturated heterocycles. The number of rotatable bonds is 4. The predicted molar refractivity (Wildman–Crippen MR) is 75.2 cm³/mol. The van der Waals surface area contributed by atoms with Gasteiger partial charge in [-0.15, -0.1) is 0 Å². The second kappa shape index (κ2) is 7.56. The maximum atomic E-state index is 12.2. The molecule has 1 atom stereocenters. The molecule has 1 aromatic heterocycles. The number of carbonyl (C=O) groups is 2. The van der Waals surface area contributed by atoms with Gasteiger partial charge >= 0.3 is 6.09 Å². The molecule has 1 aliphatic heterocycles. The van der Waals surface area contributed by atoms with Crippen LogP contribution in [0.4, 0.5) is 4.79 Å². The van der Waals surface area contributed by atoms with Crippen LogP contribution in [0.25, 0.3) is 0 Å². The maximum absolute atomic E-state index is 12.2. The molecule has 0 aliphatic carbocycles. The zero-order valence-corrected chi connectivity index (χ0v) is 12.1. The normalized spacial score (nSPS) is 18.1. The highest BCUT2D eigenvalue weighted by Crippen LogP contribution is 2.17. The Hall–Kier alpha value is -2.18. The highest BCUT2D eigenvalue weighted by atomic mass is 16.6. The Balaban J connectivity index is 1.83. The molecular weight excluding hydrogens is 272 g/mol. The van der Waals surface area contributed by atoms with E-state index < -0.39 is 0 Å². The van der Waals surface area contributed by atoms with Crippen molar-refractivity contribution in [3.63, 3.8) is 0 Å². The van der Waals surface area contributed by atoms with Crippen LogP contribution in [-0.2, 0) is 16.1 Å². The Kier molecular flexibility index (Phi) is 5.48. The highest BCUT2D eigenvalue weighted by Gasteiger charge is 2.28. The first-order chi connectivity index (χ1) is 10.2. The molecule has 114 valence electrons. The highest BCUT2D eigenvalue weighted by molar-refractivity contribution is 5.79. The molecule has 0 saturated carbocycles. The molecule has 2 rings (SSSR count). The summed E-state index contributed by atoms with van der Waals surface area (Å²) in [5, 5.41) is 10.5. The number of nitrogens with one attached hydrogen (secondary N) is 1. The van der Waals surface area contributed by atoms with E-state index in [-0.39, 0.29) is 17.9 Å². The minimum absolute atomic E-state index is 0.0605. The summed E-state index contributed by atoms with van der Waals surface area (Å²) >= 11 is 0. The fraction of sp³-hybridized carbons (Fsp3) is 0.571. The van der Waals surface area contributed by atoms with Gasteiger partial charge in [-0.25, -0.2) is 4.79 Å². The summed E-state index contributed by atoms with van der Waals surface area (Å²) in [6, 6.07) is 3.58. The summed E-state index contributed by atoms with van der Waals surface area (Å²) in [7, 11) is 0. The van der Waals surface area contributed by atoms with Gasteiger partial charge < -0.3 is 15.0 Å². The van der Waals surface area contributed by atoms with E-state index in [0.29, 0.717) is 31.9 Å². The van der Waals surface area contributed by atoms with E-state index >= 15 is 0 Å². The molecule has 1 N–H and O–H groups in total. The van der Waals surface area contributed by atoms with E-state index in [4.69, 9.17) is 4.74 Å². The van der Waals surface area contributed by atoms with Crippen molar-refractivity contribution in [2.45, 2.75) is 26.3 Å². The molecule has 2 amide bonds. The molecule has 21 heavy (non-hydrogen) atoms. The number of likely N-dealkylation sites (tertiary alicyclic amines) is 1. The first-order valence-electron chi connectivity index (χ1n) is 7.16. The number of hydrogen-bond acceptors (Lipinski definition) is 5. The monoisotopic (exact) mass is 292 g/mol. The lowest BCUT2D eigenvalue weighted by atomic mass is 9.97. The van der Waals surface area contributed by atoms with Gasteiger partial charge in [0, 0.05) is 19.3 Å². The third-order valence-corrected chi connectivity index (χ3v) is 3.39. The molecule has 7 heteroatoms. The maximum Gasteiger partial charge on any atom is 0.409 e. The number of hydrogen-bond donors (Lipinski definition) is 1. The number of amides is 2. The molecule has 1 aliphatic rings. The van der Waals surface area contributed by atoms with Gasteiger partial charge in [-0.2, -0.15) is 10.2 Å². The summed E-state index contributed by atoms with van der Waals surface area (Å²) in [6.07, 6.45) is 2.83. The molecule has 0 radical (unpaired) electrons. The van der Waals surface area contributed by atoms with Crippen LogP contribution in [0.1, 0.15) is 25.5 Å². The summed E-state index contributed by atoms with van der Waals surface area (Å²) in [5.74, 6) is -0.255. The largest absolute Gasteiger partial charge is 0.450 e. The van der Waals surface area contributed by atoms with Crippen LogP contribution in [0, 0.1) is 5.92 Å². The zero-order chi connectivity index (χ0) is 15.1. The lowest BCUT2D eigenvalue weighted by Gasteiger charge is -2.31. The Bertz CT molecular complexity index is 480. The van der Waals surface area contributed by atoms with Crippen molar-refractivity contribution in [2.24, 2.45) is 5.92 Å². The van der Waals surface area contributed by atoms with Gasteiger partial charge in [-0.05, 0) is 31.9 Å². The van der Waals surface area contributed by atoms with Gasteiger partial charge in [-0.1, -0.05) is 0 Å². The molecule has 1 aromatic rings. The van der Waals surface area contributed by atoms with Gasteiger partial charge in [0.25, 0.3) is 0 Å². The number of carbonyl (C=O) groups excluding carboxylic acids is 2. The summed E-state index contributed by atoms with van der Waals surface area (Å²) in [6.45, 7) is 3.52. The van der Waals surface area contributed by atoms with Gasteiger partial charge in [0.15, 0.2) is 0 Å². The third kappa shape index (κ3) is 4.40. The van der Waals surface area contributed by atoms with E-state index in [1.165, 1.54) is 0 Å². The van der Waals surface area contributed by atoms with Crippen molar-refractivity contribution in [1.82, 2.24) is 20.4 Å². The molecule has 0 bridgehead atoms. The second-order valence-corrected chi connectivity index (χ2v) is 4.92. The van der Waals surface area contributed by atoms with Crippen molar-refractivity contribution in [3.8, 4) is 0 Å². The Morgan fingerprint density at radius 2 is 2.38 bits per heavy atom. The fourth-order valence-electron chi connectivity index (χ4n) is 2.32. The number of aromatic nitrogens is 2. The lowest BCUT2D eigenvalue weighted by molar-refractivity contribution is -0.126. The fourth-order valence-corrected chi connectivity index (χ4v) is 2.32. The predicted octanol–water partition coefficient (Wildman–Crippen LogP) is 0.961. The van der Waals surface area contributed by atoms with Crippen LogP contribution in [0.15, 0.2) is 18.3 Å². The van der Waals surface area contributed by atoms with Crippen LogP contribution in [0.2, 0.25) is 0 Å². The van der Waals surface area contributed by atoms with Gasteiger partial charge in [0.05, 0.1) is 24.8 Å². The molecule has 1 fully saturated rings. The van der Waals surface area contributed by atoms with Crippen molar-refractivity contribution in [3.05, 3.63) is 24.0 Å². The average Bonchev–Trinajstić information content (AvgIpc) is 2.54. The Morgan fingerprint density at radius 1 is 1.52 bits per heavy atom. The van der Waals surface area contributed by atoms with E-state index in [0.717, 1.165) is 12.8 Å². The minimum atomic E-state index is -0.344. The van der Waals surface area contributed by atoms with Gasteiger partial charge in [-0.3, -0.25) is 4.79 Å². The first-order valence-corrected chi connectivity index (χ1v) is 7.16. The standard InChI is InChI=1S/C14H20N4O3/c1-2-21-14(20)18-8-4-5-11(10-18)13(19)15-9-12-6-3-7-16-17-12/h3,6-7,11H,2,4-5,8-10H2,1H3,(H,15,19). The van der Waals surface area contributed by atoms with Gasteiger partial charge in [0.1, 0.15) is 0 Å². The molecule has 0 spiro atoms. The Labute approximate surface area is 123 Å². The summed E-state index contributed by atoms with van der Waals surface area (Å²) in [5.41, 5.74) is 0.712. The molecule has 2 heterocycles. The van der Waals surface area contributed by atoms with Crippen molar-refractivity contribution in [1.29, 1.82) is 0 Å². The SMILES string of the molecule is CCOC(=O)N1CCCC(C(=O)NCc2cccnn2)C1. The quantitative estimate of drug-likeness (QED) is 0.893. The number of nitrogens with zero attached hydrogens (tertiary/aromatic N) is 3.